The Balaban J connectivity index is 1.68. The van der Waals surface area contributed by atoms with E-state index in [4.69, 9.17) is 4.74 Å². The zero-order chi connectivity index (χ0) is 17.9. The van der Waals surface area contributed by atoms with Crippen LogP contribution in [0.3, 0.4) is 0 Å². The van der Waals surface area contributed by atoms with E-state index in [0.29, 0.717) is 12.2 Å². The molecule has 1 amide bonds. The second-order valence-corrected chi connectivity index (χ2v) is 6.52. The largest absolute Gasteiger partial charge is 0.496 e. The van der Waals surface area contributed by atoms with Gasteiger partial charge in [0.25, 0.3) is 5.91 Å². The second kappa shape index (κ2) is 7.01. The summed E-state index contributed by atoms with van der Waals surface area (Å²) in [6.07, 6.45) is 1.92. The van der Waals surface area contributed by atoms with Gasteiger partial charge in [-0.1, -0.05) is 24.3 Å². The molecule has 4 rings (SSSR count). The fraction of sp³-hybridized carbons (Fsp3) is 0.100. The third kappa shape index (κ3) is 2.95. The minimum Gasteiger partial charge on any atom is -0.496 e. The Kier molecular flexibility index (Phi) is 4.41. The van der Waals surface area contributed by atoms with E-state index in [9.17, 15) is 4.79 Å². The monoisotopic (exact) mass is 363 g/mol. The molecule has 0 aliphatic rings. The van der Waals surface area contributed by atoms with E-state index >= 15 is 0 Å². The summed E-state index contributed by atoms with van der Waals surface area (Å²) in [7, 11) is 1.62. The number of para-hydroxylation sites is 1. The average molecular weight is 363 g/mol. The first kappa shape index (κ1) is 16.4. The van der Waals surface area contributed by atoms with Crippen LogP contribution in [0.2, 0.25) is 0 Å². The highest BCUT2D eigenvalue weighted by molar-refractivity contribution is 7.08. The van der Waals surface area contributed by atoms with Gasteiger partial charge in [0.1, 0.15) is 11.4 Å². The molecular weight excluding hydrogens is 346 g/mol. The summed E-state index contributed by atoms with van der Waals surface area (Å²) >= 11 is 1.59. The molecule has 0 saturated heterocycles. The molecule has 0 aliphatic heterocycles. The number of ether oxygens (including phenoxy) is 1. The maximum Gasteiger partial charge on any atom is 0.272 e. The van der Waals surface area contributed by atoms with E-state index in [1.807, 2.05) is 69.9 Å². The van der Waals surface area contributed by atoms with Crippen LogP contribution >= 0.6 is 11.3 Å². The molecule has 0 spiro atoms. The summed E-state index contributed by atoms with van der Waals surface area (Å²) in [4.78, 5) is 17.4. The van der Waals surface area contributed by atoms with Crippen molar-refractivity contribution in [2.24, 2.45) is 0 Å². The van der Waals surface area contributed by atoms with Crippen LogP contribution in [-0.2, 0) is 6.54 Å². The van der Waals surface area contributed by atoms with Crippen molar-refractivity contribution in [1.82, 2.24) is 14.7 Å². The number of carbonyl (C=O) groups is 1. The van der Waals surface area contributed by atoms with Crippen LogP contribution in [0.4, 0.5) is 0 Å². The van der Waals surface area contributed by atoms with E-state index < -0.39 is 0 Å². The third-order valence-corrected chi connectivity index (χ3v) is 4.85. The first-order valence-corrected chi connectivity index (χ1v) is 9.12. The van der Waals surface area contributed by atoms with Crippen LogP contribution in [0.15, 0.2) is 65.5 Å². The number of imidazole rings is 1. The minimum atomic E-state index is -0.208. The molecule has 5 nitrogen and oxygen atoms in total. The molecular formula is C20H17N3O2S. The van der Waals surface area contributed by atoms with E-state index in [-0.39, 0.29) is 5.91 Å². The van der Waals surface area contributed by atoms with Crippen LogP contribution in [0.25, 0.3) is 16.9 Å². The Morgan fingerprint density at radius 3 is 2.85 bits per heavy atom. The van der Waals surface area contributed by atoms with Gasteiger partial charge in [0.15, 0.2) is 5.69 Å². The van der Waals surface area contributed by atoms with Crippen LogP contribution in [0.5, 0.6) is 5.75 Å². The number of rotatable bonds is 5. The van der Waals surface area contributed by atoms with Gasteiger partial charge in [-0.15, -0.1) is 0 Å². The van der Waals surface area contributed by atoms with Gasteiger partial charge in [-0.25, -0.2) is 4.98 Å². The lowest BCUT2D eigenvalue weighted by atomic mass is 10.1. The molecule has 4 aromatic rings. The number of aromatic nitrogens is 2. The number of thiophene rings is 1. The van der Waals surface area contributed by atoms with E-state index in [1.54, 1.807) is 18.4 Å². The third-order valence-electron chi connectivity index (χ3n) is 4.17. The highest BCUT2D eigenvalue weighted by Crippen LogP contribution is 2.27. The molecule has 130 valence electrons. The highest BCUT2D eigenvalue weighted by atomic mass is 32.1. The van der Waals surface area contributed by atoms with E-state index in [1.165, 1.54) is 0 Å². The molecule has 0 fully saturated rings. The lowest BCUT2D eigenvalue weighted by Crippen LogP contribution is -2.24. The minimum absolute atomic E-state index is 0.208. The number of fused-ring (bicyclic) bond motifs is 1. The smallest absolute Gasteiger partial charge is 0.272 e. The lowest BCUT2D eigenvalue weighted by Gasteiger charge is -2.09. The topological polar surface area (TPSA) is 55.6 Å². The molecule has 3 heterocycles. The Morgan fingerprint density at radius 2 is 2.04 bits per heavy atom. The second-order valence-electron chi connectivity index (χ2n) is 5.74. The van der Waals surface area contributed by atoms with Crippen molar-refractivity contribution in [2.75, 3.05) is 7.11 Å². The fourth-order valence-electron chi connectivity index (χ4n) is 2.94. The van der Waals surface area contributed by atoms with Gasteiger partial charge in [0.05, 0.1) is 12.8 Å². The Hall–Kier alpha value is -3.12. The summed E-state index contributed by atoms with van der Waals surface area (Å²) in [6, 6.07) is 15.4. The highest BCUT2D eigenvalue weighted by Gasteiger charge is 2.20. The normalized spacial score (nSPS) is 10.8. The quantitative estimate of drug-likeness (QED) is 0.583. The van der Waals surface area contributed by atoms with E-state index in [0.717, 1.165) is 28.2 Å². The van der Waals surface area contributed by atoms with Crippen molar-refractivity contribution in [3.8, 4) is 17.0 Å². The van der Waals surface area contributed by atoms with Crippen molar-refractivity contribution in [3.05, 3.63) is 76.7 Å². The SMILES string of the molecule is COc1ccccc1CNC(=O)c1nc2ccccn2c1-c1ccsc1. The fourth-order valence-corrected chi connectivity index (χ4v) is 3.58. The van der Waals surface area contributed by atoms with Crippen molar-refractivity contribution in [2.45, 2.75) is 6.54 Å². The van der Waals surface area contributed by atoms with Gasteiger partial charge in [-0.05, 0) is 29.6 Å². The van der Waals surface area contributed by atoms with Crippen molar-refractivity contribution < 1.29 is 9.53 Å². The van der Waals surface area contributed by atoms with Gasteiger partial charge in [0.2, 0.25) is 0 Å². The number of hydrogen-bond donors (Lipinski definition) is 1. The van der Waals surface area contributed by atoms with Crippen molar-refractivity contribution in [3.63, 3.8) is 0 Å². The average Bonchev–Trinajstić information content (AvgIpc) is 3.33. The summed E-state index contributed by atoms with van der Waals surface area (Å²) in [5, 5.41) is 6.98. The standard InChI is InChI=1S/C20H17N3O2S/c1-25-16-7-3-2-6-14(16)12-21-20(24)18-19(15-9-11-26-13-15)23-10-5-4-8-17(23)22-18/h2-11,13H,12H2,1H3,(H,21,24). The van der Waals surface area contributed by atoms with Crippen LogP contribution in [-0.4, -0.2) is 22.4 Å². The molecule has 0 bridgehead atoms. The zero-order valence-corrected chi connectivity index (χ0v) is 15.0. The first-order valence-electron chi connectivity index (χ1n) is 8.17. The molecule has 1 aromatic carbocycles. The molecule has 3 aromatic heterocycles. The number of hydrogen-bond acceptors (Lipinski definition) is 4. The van der Waals surface area contributed by atoms with Gasteiger partial charge in [0, 0.05) is 29.2 Å². The summed E-state index contributed by atoms with van der Waals surface area (Å²) in [5.74, 6) is 0.543. The Morgan fingerprint density at radius 1 is 1.19 bits per heavy atom. The molecule has 6 heteroatoms. The Bertz CT molecular complexity index is 1050. The number of benzene rings is 1. The molecule has 0 atom stereocenters. The predicted octanol–water partition coefficient (Wildman–Crippen LogP) is 4.00. The molecule has 0 aliphatic carbocycles. The number of methoxy groups -OCH3 is 1. The molecule has 0 unspecified atom stereocenters. The molecule has 1 N–H and O–H groups in total. The first-order chi connectivity index (χ1) is 12.8. The Labute approximate surface area is 154 Å². The zero-order valence-electron chi connectivity index (χ0n) is 14.2. The number of amides is 1. The van der Waals surface area contributed by atoms with Crippen LogP contribution in [0, 0.1) is 0 Å². The molecule has 26 heavy (non-hydrogen) atoms. The summed E-state index contributed by atoms with van der Waals surface area (Å²) in [5.41, 5.74) is 3.88. The number of nitrogens with zero attached hydrogens (tertiary/aromatic N) is 2. The summed E-state index contributed by atoms with van der Waals surface area (Å²) in [6.45, 7) is 0.375. The van der Waals surface area contributed by atoms with Gasteiger partial charge in [-0.2, -0.15) is 11.3 Å². The lowest BCUT2D eigenvalue weighted by molar-refractivity contribution is 0.0947. The summed E-state index contributed by atoms with van der Waals surface area (Å²) < 4.78 is 7.29. The van der Waals surface area contributed by atoms with Gasteiger partial charge < -0.3 is 10.1 Å². The number of carbonyl (C=O) groups excluding carboxylic acids is 1. The van der Waals surface area contributed by atoms with E-state index in [2.05, 4.69) is 10.3 Å². The molecule has 0 saturated carbocycles. The van der Waals surface area contributed by atoms with Gasteiger partial charge in [-0.3, -0.25) is 9.20 Å². The number of pyridine rings is 1. The van der Waals surface area contributed by atoms with Crippen LogP contribution in [0.1, 0.15) is 16.1 Å². The van der Waals surface area contributed by atoms with Crippen LogP contribution < -0.4 is 10.1 Å². The number of nitrogens with one attached hydrogen (secondary N) is 1. The maximum absolute atomic E-state index is 12.9. The predicted molar refractivity (Wildman–Crippen MR) is 103 cm³/mol. The van der Waals surface area contributed by atoms with Crippen molar-refractivity contribution in [1.29, 1.82) is 0 Å². The maximum atomic E-state index is 12.9. The van der Waals surface area contributed by atoms with Gasteiger partial charge >= 0.3 is 0 Å². The van der Waals surface area contributed by atoms with Crippen molar-refractivity contribution >= 4 is 22.9 Å². The molecule has 0 radical (unpaired) electrons.